The highest BCUT2D eigenvalue weighted by Crippen LogP contribution is 2.50. The van der Waals surface area contributed by atoms with Crippen LogP contribution in [0.2, 0.25) is 0 Å². The van der Waals surface area contributed by atoms with Crippen LogP contribution >= 0.6 is 16.5 Å². The number of fused-ring (bicyclic) bond motifs is 6. The van der Waals surface area contributed by atoms with E-state index in [0.29, 0.717) is 28.4 Å². The second-order valence-corrected chi connectivity index (χ2v) is 19.4. The van der Waals surface area contributed by atoms with Crippen molar-refractivity contribution in [3.63, 3.8) is 0 Å². The van der Waals surface area contributed by atoms with Crippen LogP contribution in [0.3, 0.4) is 0 Å². The smallest absolute Gasteiger partial charge is 0.453 e. The Hall–Kier alpha value is -5.68. The molecule has 0 spiro atoms. The molecule has 6 aromatic carbocycles. The Bertz CT molecular complexity index is 3080. The standard InChI is InChI=1S/C51H54O8P2/c1-27-15-31(5)45-38(19-27)39-20-28(2)16-32(6)46(39)55-60(54-45)56-47-33(7)17-29(3)21-40(47)41-22-30(4)18-34(8)48(41)57-61-58-49-35(9)23-36(52-13)24-42(49)43-25-37(53-14)26-44(50(43)59-61)51(10,11)12/h15-26H,1-14H3. The van der Waals surface area contributed by atoms with Crippen molar-refractivity contribution in [3.05, 3.63) is 128 Å². The summed E-state index contributed by atoms with van der Waals surface area (Å²) >= 11 is 0. The summed E-state index contributed by atoms with van der Waals surface area (Å²) in [6.45, 7) is 25.1. The number of benzene rings is 6. The minimum Gasteiger partial charge on any atom is -0.497 e. The summed E-state index contributed by atoms with van der Waals surface area (Å²) < 4.78 is 53.1. The largest absolute Gasteiger partial charge is 0.497 e. The van der Waals surface area contributed by atoms with Gasteiger partial charge < -0.3 is 35.3 Å². The van der Waals surface area contributed by atoms with Crippen LogP contribution in [-0.2, 0) is 5.41 Å². The van der Waals surface area contributed by atoms with Crippen LogP contribution in [0.4, 0.5) is 0 Å². The van der Waals surface area contributed by atoms with Gasteiger partial charge in [0.1, 0.15) is 45.3 Å². The molecule has 2 aromatic heterocycles. The molecule has 0 radical (unpaired) electrons. The molecule has 10 heteroatoms. The molecule has 1 unspecified atom stereocenters. The van der Waals surface area contributed by atoms with E-state index in [1.807, 2.05) is 31.2 Å². The maximum absolute atomic E-state index is 7.09. The molecule has 0 aliphatic carbocycles. The highest BCUT2D eigenvalue weighted by atomic mass is 31.1. The molecule has 316 valence electrons. The summed E-state index contributed by atoms with van der Waals surface area (Å²) in [4.78, 5) is 0. The summed E-state index contributed by atoms with van der Waals surface area (Å²) in [7, 11) is -0.691. The summed E-state index contributed by atoms with van der Waals surface area (Å²) in [5.41, 5.74) is 14.4. The van der Waals surface area contributed by atoms with Gasteiger partial charge in [0.2, 0.25) is 0 Å². The van der Waals surface area contributed by atoms with E-state index in [1.54, 1.807) is 14.2 Å². The van der Waals surface area contributed by atoms with Gasteiger partial charge in [-0.15, -0.1) is 0 Å². The highest BCUT2D eigenvalue weighted by molar-refractivity contribution is 7.32. The van der Waals surface area contributed by atoms with Crippen molar-refractivity contribution in [2.45, 2.75) is 88.5 Å². The van der Waals surface area contributed by atoms with E-state index in [-0.39, 0.29) is 5.41 Å². The normalized spacial score (nSPS) is 12.1. The fourth-order valence-corrected chi connectivity index (χ4v) is 10.9. The van der Waals surface area contributed by atoms with Gasteiger partial charge in [0.25, 0.3) is 0 Å². The molecule has 61 heavy (non-hydrogen) atoms. The molecule has 0 saturated heterocycles. The van der Waals surface area contributed by atoms with Crippen molar-refractivity contribution in [1.82, 2.24) is 0 Å². The third kappa shape index (κ3) is 8.00. The van der Waals surface area contributed by atoms with Crippen molar-refractivity contribution >= 4 is 60.4 Å². The van der Waals surface area contributed by atoms with Gasteiger partial charge in [0.15, 0.2) is 0 Å². The third-order valence-corrected chi connectivity index (χ3v) is 13.1. The first-order chi connectivity index (χ1) is 28.9. The van der Waals surface area contributed by atoms with Gasteiger partial charge in [-0.3, -0.25) is 0 Å². The van der Waals surface area contributed by atoms with E-state index in [0.717, 1.165) is 105 Å². The molecular formula is C51H54O8P2. The van der Waals surface area contributed by atoms with Gasteiger partial charge in [-0.25, -0.2) is 0 Å². The highest BCUT2D eigenvalue weighted by Gasteiger charge is 2.26. The predicted molar refractivity (Wildman–Crippen MR) is 251 cm³/mol. The van der Waals surface area contributed by atoms with Gasteiger partial charge in [-0.2, -0.15) is 0 Å². The number of aryl methyl sites for hydroxylation is 9. The van der Waals surface area contributed by atoms with Crippen LogP contribution in [0.1, 0.15) is 76.4 Å². The summed E-state index contributed by atoms with van der Waals surface area (Å²) in [6.07, 6.45) is 0. The van der Waals surface area contributed by atoms with Crippen LogP contribution in [0, 0.1) is 62.3 Å². The van der Waals surface area contributed by atoms with Crippen molar-refractivity contribution < 1.29 is 35.3 Å². The van der Waals surface area contributed by atoms with E-state index in [9.17, 15) is 0 Å². The quantitative estimate of drug-likeness (QED) is 0.157. The van der Waals surface area contributed by atoms with Crippen LogP contribution in [0.25, 0.3) is 55.0 Å². The predicted octanol–water partition coefficient (Wildman–Crippen LogP) is 16.3. The van der Waals surface area contributed by atoms with Gasteiger partial charge in [-0.05, 0) is 166 Å². The zero-order valence-corrected chi connectivity index (χ0v) is 39.4. The lowest BCUT2D eigenvalue weighted by Crippen LogP contribution is -2.11. The number of hydrogen-bond acceptors (Lipinski definition) is 8. The Morgan fingerprint density at radius 3 is 1.16 bits per heavy atom. The van der Waals surface area contributed by atoms with Crippen molar-refractivity contribution in [2.24, 2.45) is 0 Å². The summed E-state index contributed by atoms with van der Waals surface area (Å²) in [5, 5.41) is 3.66. The topological polar surface area (TPSA) is 89.5 Å². The fourth-order valence-electron chi connectivity index (χ4n) is 8.42. The average Bonchev–Trinajstić information content (AvgIpc) is 3.44. The first-order valence-corrected chi connectivity index (χ1v) is 22.7. The Morgan fingerprint density at radius 1 is 0.393 bits per heavy atom. The fraction of sp³-hybridized carbons (Fsp3) is 0.294. The van der Waals surface area contributed by atoms with Crippen LogP contribution in [0.15, 0.2) is 89.6 Å². The molecule has 2 heterocycles. The SMILES string of the molecule is COc1cc(C)c2op(Oc3c(C)cc(C)cc3-c3cc(C)cc(C)c3Op3oc4c(C)cc(C)cc4c4cc(C)cc(C)c4o3)oc3c(C(C)(C)C)cc(OC)cc3c2c1. The second-order valence-electron chi connectivity index (χ2n) is 17.5. The van der Waals surface area contributed by atoms with Gasteiger partial charge in [0, 0.05) is 38.2 Å². The first kappa shape index (κ1) is 42.0. The molecule has 0 fully saturated rings. The van der Waals surface area contributed by atoms with Crippen LogP contribution in [-0.4, -0.2) is 14.2 Å². The van der Waals surface area contributed by atoms with Crippen LogP contribution < -0.4 is 18.5 Å². The molecule has 0 aliphatic heterocycles. The second kappa shape index (κ2) is 16.0. The van der Waals surface area contributed by atoms with Gasteiger partial charge in [-0.1, -0.05) is 45.0 Å². The molecule has 8 nitrogen and oxygen atoms in total. The van der Waals surface area contributed by atoms with E-state index < -0.39 is 16.5 Å². The maximum Gasteiger partial charge on any atom is 0.453 e. The minimum atomic E-state index is -2.07. The maximum atomic E-state index is 7.09. The molecule has 0 bridgehead atoms. The summed E-state index contributed by atoms with van der Waals surface area (Å²) in [6, 6.07) is 25.1. The molecule has 8 aromatic rings. The number of rotatable bonds is 7. The molecular weight excluding hydrogens is 803 g/mol. The minimum absolute atomic E-state index is 0.311. The third-order valence-electron chi connectivity index (χ3n) is 11.1. The first-order valence-electron chi connectivity index (χ1n) is 20.5. The zero-order valence-electron chi connectivity index (χ0n) is 37.6. The summed E-state index contributed by atoms with van der Waals surface area (Å²) in [5.74, 6) is 2.69. The van der Waals surface area contributed by atoms with Crippen molar-refractivity contribution in [3.8, 4) is 34.1 Å². The van der Waals surface area contributed by atoms with E-state index in [4.69, 9.17) is 35.3 Å². The number of ether oxygens (including phenoxy) is 2. The zero-order chi connectivity index (χ0) is 43.7. The van der Waals surface area contributed by atoms with E-state index in [2.05, 4.69) is 125 Å². The van der Waals surface area contributed by atoms with Crippen molar-refractivity contribution in [1.29, 1.82) is 0 Å². The monoisotopic (exact) mass is 856 g/mol. The average molecular weight is 857 g/mol. The van der Waals surface area contributed by atoms with Gasteiger partial charge in [0.05, 0.1) is 14.2 Å². The molecule has 0 aliphatic rings. The Labute approximate surface area is 359 Å². The molecule has 8 rings (SSSR count). The number of hydrogen-bond donors (Lipinski definition) is 0. The molecule has 1 atom stereocenters. The lowest BCUT2D eigenvalue weighted by Gasteiger charge is -2.21. The Balaban J connectivity index is 1.38. The van der Waals surface area contributed by atoms with Crippen molar-refractivity contribution in [2.75, 3.05) is 14.2 Å². The van der Waals surface area contributed by atoms with Crippen LogP contribution in [0.5, 0.6) is 23.0 Å². The Morgan fingerprint density at radius 2 is 0.738 bits per heavy atom. The molecule has 0 saturated carbocycles. The molecule has 0 amide bonds. The van der Waals surface area contributed by atoms with E-state index in [1.165, 1.54) is 0 Å². The lowest BCUT2D eigenvalue weighted by atomic mass is 9.85. The van der Waals surface area contributed by atoms with E-state index >= 15 is 0 Å². The number of methoxy groups -OCH3 is 2. The van der Waals surface area contributed by atoms with Gasteiger partial charge >= 0.3 is 16.5 Å². The Kier molecular flexibility index (Phi) is 11.0. The lowest BCUT2D eigenvalue weighted by molar-refractivity contribution is 0.413. The molecule has 0 N–H and O–H groups in total.